The van der Waals surface area contributed by atoms with Crippen molar-refractivity contribution in [3.63, 3.8) is 0 Å². The largest absolute Gasteiger partial charge is 0.376 e. The van der Waals surface area contributed by atoms with Crippen LogP contribution in [0, 0.1) is 0 Å². The van der Waals surface area contributed by atoms with E-state index in [9.17, 15) is 0 Å². The van der Waals surface area contributed by atoms with Crippen molar-refractivity contribution in [1.82, 2.24) is 5.32 Å². The van der Waals surface area contributed by atoms with Gasteiger partial charge in [0.25, 0.3) is 0 Å². The maximum atomic E-state index is 5.61. The molecule has 0 spiro atoms. The van der Waals surface area contributed by atoms with Crippen LogP contribution in [-0.2, 0) is 9.47 Å². The number of rotatable bonds is 11. The van der Waals surface area contributed by atoms with Crippen LogP contribution in [0.4, 0.5) is 0 Å². The van der Waals surface area contributed by atoms with E-state index in [2.05, 4.69) is 19.2 Å². The quantitative estimate of drug-likeness (QED) is 0.554. The second kappa shape index (κ2) is 11.4. The third-order valence-corrected chi connectivity index (χ3v) is 2.33. The van der Waals surface area contributed by atoms with Gasteiger partial charge in [-0.1, -0.05) is 19.8 Å². The molecule has 98 valence electrons. The molecule has 0 aliphatic heterocycles. The summed E-state index contributed by atoms with van der Waals surface area (Å²) in [4.78, 5) is 0. The fourth-order valence-corrected chi connectivity index (χ4v) is 1.40. The zero-order chi connectivity index (χ0) is 12.2. The van der Waals surface area contributed by atoms with Crippen LogP contribution in [0.25, 0.3) is 0 Å². The van der Waals surface area contributed by atoms with Gasteiger partial charge >= 0.3 is 0 Å². The fraction of sp³-hybridized carbons (Fsp3) is 1.00. The Hall–Kier alpha value is -0.120. The van der Waals surface area contributed by atoms with Crippen LogP contribution in [0.5, 0.6) is 0 Å². The maximum Gasteiger partial charge on any atom is 0.0704 e. The molecule has 1 atom stereocenters. The number of ether oxygens (including phenoxy) is 2. The fourth-order valence-electron chi connectivity index (χ4n) is 1.40. The Bertz CT molecular complexity index is 140. The summed E-state index contributed by atoms with van der Waals surface area (Å²) >= 11 is 0. The van der Waals surface area contributed by atoms with Crippen LogP contribution in [0.2, 0.25) is 0 Å². The zero-order valence-corrected chi connectivity index (χ0v) is 11.4. The predicted octanol–water partition coefficient (Wildman–Crippen LogP) is 2.60. The number of nitrogens with one attached hydrogen (secondary N) is 1. The average Bonchev–Trinajstić information content (AvgIpc) is 2.24. The van der Waals surface area contributed by atoms with Crippen molar-refractivity contribution in [2.24, 2.45) is 0 Å². The lowest BCUT2D eigenvalue weighted by Gasteiger charge is -2.14. The molecule has 1 N–H and O–H groups in total. The highest BCUT2D eigenvalue weighted by Crippen LogP contribution is 1.94. The second-order valence-corrected chi connectivity index (χ2v) is 4.51. The summed E-state index contributed by atoms with van der Waals surface area (Å²) in [7, 11) is 0. The van der Waals surface area contributed by atoms with E-state index in [1.807, 2.05) is 13.8 Å². The summed E-state index contributed by atoms with van der Waals surface area (Å²) in [6.07, 6.45) is 4.42. The van der Waals surface area contributed by atoms with Gasteiger partial charge in [0.2, 0.25) is 0 Å². The van der Waals surface area contributed by atoms with Crippen LogP contribution < -0.4 is 5.32 Å². The lowest BCUT2D eigenvalue weighted by atomic mass is 10.2. The highest BCUT2D eigenvalue weighted by molar-refractivity contribution is 4.55. The first-order valence-corrected chi connectivity index (χ1v) is 6.60. The molecule has 0 saturated carbocycles. The molecule has 0 aliphatic rings. The van der Waals surface area contributed by atoms with E-state index in [-0.39, 0.29) is 6.10 Å². The van der Waals surface area contributed by atoms with E-state index >= 15 is 0 Å². The van der Waals surface area contributed by atoms with Crippen LogP contribution in [0.15, 0.2) is 0 Å². The Labute approximate surface area is 101 Å². The summed E-state index contributed by atoms with van der Waals surface area (Å²) in [5, 5.41) is 3.40. The third kappa shape index (κ3) is 12.0. The third-order valence-electron chi connectivity index (χ3n) is 2.33. The molecule has 0 radical (unpaired) electrons. The molecule has 0 aliphatic carbocycles. The minimum absolute atomic E-state index is 0.275. The monoisotopic (exact) mass is 231 g/mol. The second-order valence-electron chi connectivity index (χ2n) is 4.51. The number of hydrogen-bond acceptors (Lipinski definition) is 3. The molecular weight excluding hydrogens is 202 g/mol. The van der Waals surface area contributed by atoms with Crippen molar-refractivity contribution in [1.29, 1.82) is 0 Å². The molecule has 3 nitrogen and oxygen atoms in total. The molecule has 0 heterocycles. The standard InChI is InChI=1S/C13H29NO2/c1-5-6-7-8-14-11-13(4)16-10-9-15-12(2)3/h12-14H,5-11H2,1-4H3. The van der Waals surface area contributed by atoms with E-state index < -0.39 is 0 Å². The van der Waals surface area contributed by atoms with E-state index in [0.29, 0.717) is 19.3 Å². The Balaban J connectivity index is 3.15. The highest BCUT2D eigenvalue weighted by Gasteiger charge is 2.01. The Kier molecular flexibility index (Phi) is 11.3. The van der Waals surface area contributed by atoms with Gasteiger partial charge in [0.15, 0.2) is 0 Å². The topological polar surface area (TPSA) is 30.5 Å². The van der Waals surface area contributed by atoms with E-state index in [1.165, 1.54) is 19.3 Å². The van der Waals surface area contributed by atoms with Crippen molar-refractivity contribution in [3.8, 4) is 0 Å². The summed E-state index contributed by atoms with van der Waals surface area (Å²) in [5.41, 5.74) is 0. The highest BCUT2D eigenvalue weighted by atomic mass is 16.5. The summed E-state index contributed by atoms with van der Waals surface area (Å²) in [6, 6.07) is 0. The summed E-state index contributed by atoms with van der Waals surface area (Å²) < 4.78 is 11.0. The Morgan fingerprint density at radius 2 is 1.69 bits per heavy atom. The van der Waals surface area contributed by atoms with Gasteiger partial charge in [-0.15, -0.1) is 0 Å². The molecule has 0 fully saturated rings. The van der Waals surface area contributed by atoms with Gasteiger partial charge < -0.3 is 14.8 Å². The summed E-state index contributed by atoms with van der Waals surface area (Å²) in [6.45, 7) is 11.8. The summed E-state index contributed by atoms with van der Waals surface area (Å²) in [5.74, 6) is 0. The van der Waals surface area contributed by atoms with Crippen molar-refractivity contribution in [3.05, 3.63) is 0 Å². The molecule has 16 heavy (non-hydrogen) atoms. The van der Waals surface area contributed by atoms with Crippen LogP contribution in [-0.4, -0.2) is 38.5 Å². The SMILES string of the molecule is CCCCCNCC(C)OCCOC(C)C. The van der Waals surface area contributed by atoms with Gasteiger partial charge in [0, 0.05) is 6.54 Å². The average molecular weight is 231 g/mol. The molecule has 0 aromatic carbocycles. The van der Waals surface area contributed by atoms with E-state index in [4.69, 9.17) is 9.47 Å². The Morgan fingerprint density at radius 3 is 2.31 bits per heavy atom. The minimum Gasteiger partial charge on any atom is -0.376 e. The minimum atomic E-state index is 0.275. The molecule has 0 bridgehead atoms. The number of hydrogen-bond donors (Lipinski definition) is 1. The molecule has 0 rings (SSSR count). The maximum absolute atomic E-state index is 5.61. The van der Waals surface area contributed by atoms with Crippen LogP contribution >= 0.6 is 0 Å². The van der Waals surface area contributed by atoms with Crippen LogP contribution in [0.1, 0.15) is 47.0 Å². The van der Waals surface area contributed by atoms with Crippen molar-refractivity contribution >= 4 is 0 Å². The van der Waals surface area contributed by atoms with Crippen LogP contribution in [0.3, 0.4) is 0 Å². The normalized spacial score (nSPS) is 13.3. The van der Waals surface area contributed by atoms with Gasteiger partial charge in [-0.2, -0.15) is 0 Å². The number of unbranched alkanes of at least 4 members (excludes halogenated alkanes) is 2. The predicted molar refractivity (Wildman–Crippen MR) is 68.9 cm³/mol. The molecule has 0 saturated heterocycles. The first-order chi connectivity index (χ1) is 7.66. The lowest BCUT2D eigenvalue weighted by molar-refractivity contribution is -0.00604. The Morgan fingerprint density at radius 1 is 1.00 bits per heavy atom. The first-order valence-electron chi connectivity index (χ1n) is 6.60. The molecule has 0 aromatic heterocycles. The molecule has 3 heteroatoms. The molecular formula is C13H29NO2. The molecule has 0 amide bonds. The molecule has 0 aromatic rings. The van der Waals surface area contributed by atoms with Gasteiger partial charge in [-0.05, 0) is 33.7 Å². The van der Waals surface area contributed by atoms with Gasteiger partial charge in [0.05, 0.1) is 25.4 Å². The smallest absolute Gasteiger partial charge is 0.0704 e. The molecule has 1 unspecified atom stereocenters. The van der Waals surface area contributed by atoms with Gasteiger partial charge in [0.1, 0.15) is 0 Å². The van der Waals surface area contributed by atoms with Crippen molar-refractivity contribution in [2.75, 3.05) is 26.3 Å². The first kappa shape index (κ1) is 15.9. The van der Waals surface area contributed by atoms with Gasteiger partial charge in [-0.3, -0.25) is 0 Å². The van der Waals surface area contributed by atoms with E-state index in [1.54, 1.807) is 0 Å². The zero-order valence-electron chi connectivity index (χ0n) is 11.4. The van der Waals surface area contributed by atoms with Crippen molar-refractivity contribution < 1.29 is 9.47 Å². The van der Waals surface area contributed by atoms with Crippen molar-refractivity contribution in [2.45, 2.75) is 59.2 Å². The lowest BCUT2D eigenvalue weighted by Crippen LogP contribution is -2.28. The van der Waals surface area contributed by atoms with Gasteiger partial charge in [-0.25, -0.2) is 0 Å². The van der Waals surface area contributed by atoms with E-state index in [0.717, 1.165) is 13.1 Å².